The molecule has 0 saturated heterocycles. The molecule has 0 radical (unpaired) electrons. The second-order valence-electron chi connectivity index (χ2n) is 11.0. The van der Waals surface area contributed by atoms with Crippen LogP contribution in [0.25, 0.3) is 0 Å². The Kier molecular flexibility index (Phi) is 20.5. The molecule has 2 unspecified atom stereocenters. The van der Waals surface area contributed by atoms with Crippen LogP contribution in [0, 0.1) is 5.92 Å². The van der Waals surface area contributed by atoms with Crippen molar-refractivity contribution in [2.45, 2.75) is 92.2 Å². The lowest BCUT2D eigenvalue weighted by atomic mass is 9.87. The highest BCUT2D eigenvalue weighted by Gasteiger charge is 2.18. The number of halogens is 1. The summed E-state index contributed by atoms with van der Waals surface area (Å²) < 4.78 is 13.4. The number of alkyl halides is 1. The third-order valence-corrected chi connectivity index (χ3v) is 7.28. The van der Waals surface area contributed by atoms with Crippen molar-refractivity contribution in [3.05, 3.63) is 131 Å². The number of hydrogen-bond acceptors (Lipinski definition) is 1. The number of rotatable bonds is 13. The molecular formula is C38H57FNP. The minimum Gasteiger partial charge on any atom is -0.392 e. The third kappa shape index (κ3) is 17.7. The number of aryl methyl sites for hydroxylation is 1. The Hall–Kier alpha value is -2.70. The molecule has 0 aromatic heterocycles. The largest absolute Gasteiger partial charge is 0.392 e. The summed E-state index contributed by atoms with van der Waals surface area (Å²) in [6.45, 7) is 23.4. The van der Waals surface area contributed by atoms with Gasteiger partial charge in [0, 0.05) is 7.05 Å². The fourth-order valence-electron chi connectivity index (χ4n) is 4.21. The predicted octanol–water partition coefficient (Wildman–Crippen LogP) is 11.7. The van der Waals surface area contributed by atoms with Crippen molar-refractivity contribution < 1.29 is 4.39 Å². The van der Waals surface area contributed by atoms with Gasteiger partial charge in [-0.05, 0) is 107 Å². The molecule has 0 fully saturated rings. The smallest absolute Gasteiger partial charge is 0.130 e. The second kappa shape index (κ2) is 22.0. The van der Waals surface area contributed by atoms with Gasteiger partial charge < -0.3 is 5.32 Å². The van der Waals surface area contributed by atoms with Gasteiger partial charge >= 0.3 is 0 Å². The summed E-state index contributed by atoms with van der Waals surface area (Å²) in [6.07, 6.45) is 23.2. The molecule has 0 saturated carbocycles. The molecule has 41 heavy (non-hydrogen) atoms. The summed E-state index contributed by atoms with van der Waals surface area (Å²) in [6, 6.07) is 7.70. The van der Waals surface area contributed by atoms with Crippen LogP contribution in [0.15, 0.2) is 120 Å². The maximum Gasteiger partial charge on any atom is 0.130 e. The first-order valence-corrected chi connectivity index (χ1v) is 15.6. The Morgan fingerprint density at radius 2 is 1.90 bits per heavy atom. The first-order valence-electron chi connectivity index (χ1n) is 14.9. The zero-order valence-electron chi connectivity index (χ0n) is 27.0. The van der Waals surface area contributed by atoms with Crippen LogP contribution in [0.2, 0.25) is 0 Å². The van der Waals surface area contributed by atoms with Gasteiger partial charge in [0.25, 0.3) is 0 Å². The number of allylic oxidation sites excluding steroid dienone is 12. The van der Waals surface area contributed by atoms with Crippen molar-refractivity contribution in [1.29, 1.82) is 0 Å². The van der Waals surface area contributed by atoms with Gasteiger partial charge in [-0.15, -0.1) is 9.24 Å². The summed E-state index contributed by atoms with van der Waals surface area (Å²) in [5.41, 5.74) is 7.01. The quantitative estimate of drug-likeness (QED) is 0.140. The predicted molar refractivity (Wildman–Crippen MR) is 188 cm³/mol. The summed E-state index contributed by atoms with van der Waals surface area (Å²) in [7, 11) is 4.44. The summed E-state index contributed by atoms with van der Waals surface area (Å²) >= 11 is 0. The molecule has 0 amide bonds. The van der Waals surface area contributed by atoms with E-state index in [2.05, 4.69) is 85.4 Å². The first-order chi connectivity index (χ1) is 19.4. The van der Waals surface area contributed by atoms with Crippen molar-refractivity contribution in [2.75, 3.05) is 7.05 Å². The number of hydrogen-bond donors (Lipinski definition) is 1. The molecule has 2 rings (SSSR count). The molecular weight excluding hydrogens is 520 g/mol. The van der Waals surface area contributed by atoms with Gasteiger partial charge in [0.05, 0.1) is 0 Å². The topological polar surface area (TPSA) is 12.0 Å². The lowest BCUT2D eigenvalue weighted by Crippen LogP contribution is -2.08. The molecule has 3 heteroatoms. The molecule has 1 aliphatic carbocycles. The summed E-state index contributed by atoms with van der Waals surface area (Å²) in [5, 5.41) is 2.83. The standard InChI is InChI=1S/C23H33P.C11H15F.C4H9N/c1-5-22(16-11-17-24)20(4)18-23(6-2)19(3)12-10-15-21-13-8-7-9-14-21;1-4-9-6-5-7-10(8-9)11(2,3)12;1-4(2)5-3/h5-6,8,11,13-14,16-17,19H,1,4,7,9-10,12,15,18,24H2,2-3H3;5-8H,4H2,1-3H3;5H,1H2,2-3H3/b17-11-,22-16-,23-6+;;. The van der Waals surface area contributed by atoms with E-state index in [9.17, 15) is 4.39 Å². The van der Waals surface area contributed by atoms with Gasteiger partial charge in [-0.25, -0.2) is 4.39 Å². The summed E-state index contributed by atoms with van der Waals surface area (Å²) in [4.78, 5) is 0. The Bertz CT molecular complexity index is 1090. The van der Waals surface area contributed by atoms with Crippen molar-refractivity contribution in [3.63, 3.8) is 0 Å². The van der Waals surface area contributed by atoms with E-state index in [1.807, 2.05) is 56.2 Å². The van der Waals surface area contributed by atoms with E-state index < -0.39 is 5.67 Å². The fourth-order valence-corrected chi connectivity index (χ4v) is 4.32. The lowest BCUT2D eigenvalue weighted by molar-refractivity contribution is 0.221. The van der Waals surface area contributed by atoms with Gasteiger partial charge in [0.2, 0.25) is 0 Å². The molecule has 1 aromatic carbocycles. The molecule has 0 aliphatic heterocycles. The van der Waals surface area contributed by atoms with E-state index >= 15 is 0 Å². The van der Waals surface area contributed by atoms with Crippen molar-refractivity contribution in [2.24, 2.45) is 5.92 Å². The van der Waals surface area contributed by atoms with Gasteiger partial charge in [-0.2, -0.15) is 0 Å². The molecule has 1 aliphatic rings. The molecule has 226 valence electrons. The van der Waals surface area contributed by atoms with Crippen LogP contribution in [-0.4, -0.2) is 7.05 Å². The summed E-state index contributed by atoms with van der Waals surface area (Å²) in [5.74, 6) is 2.55. The fraction of sp³-hybridized carbons (Fsp3) is 0.421. The van der Waals surface area contributed by atoms with Crippen molar-refractivity contribution >= 4 is 9.24 Å². The first kappa shape index (κ1) is 38.3. The van der Waals surface area contributed by atoms with E-state index in [-0.39, 0.29) is 0 Å². The molecule has 0 heterocycles. The van der Waals surface area contributed by atoms with Crippen LogP contribution in [0.5, 0.6) is 0 Å². The lowest BCUT2D eigenvalue weighted by Gasteiger charge is -2.18. The van der Waals surface area contributed by atoms with Gasteiger partial charge in [0.15, 0.2) is 0 Å². The van der Waals surface area contributed by atoms with E-state index in [1.54, 1.807) is 13.8 Å². The second-order valence-corrected chi connectivity index (χ2v) is 11.3. The molecule has 1 aromatic rings. The Morgan fingerprint density at radius 3 is 2.39 bits per heavy atom. The Morgan fingerprint density at radius 1 is 1.22 bits per heavy atom. The molecule has 2 atom stereocenters. The Balaban J connectivity index is 0.000000775. The van der Waals surface area contributed by atoms with Crippen LogP contribution < -0.4 is 5.32 Å². The highest BCUT2D eigenvalue weighted by molar-refractivity contribution is 7.20. The highest BCUT2D eigenvalue weighted by atomic mass is 31.0. The molecule has 1 N–H and O–H groups in total. The average molecular weight is 578 g/mol. The van der Waals surface area contributed by atoms with Crippen LogP contribution >= 0.6 is 9.24 Å². The van der Waals surface area contributed by atoms with E-state index in [4.69, 9.17) is 0 Å². The zero-order valence-corrected chi connectivity index (χ0v) is 28.2. The maximum absolute atomic E-state index is 13.4. The Labute approximate surface area is 255 Å². The minimum absolute atomic E-state index is 0.600. The van der Waals surface area contributed by atoms with Crippen LogP contribution in [0.3, 0.4) is 0 Å². The normalized spacial score (nSPS) is 14.2. The van der Waals surface area contributed by atoms with Gasteiger partial charge in [-0.1, -0.05) is 117 Å². The van der Waals surface area contributed by atoms with E-state index in [0.717, 1.165) is 35.2 Å². The third-order valence-electron chi connectivity index (χ3n) is 7.06. The van der Waals surface area contributed by atoms with Crippen molar-refractivity contribution in [1.82, 2.24) is 5.32 Å². The number of nitrogens with one attached hydrogen (secondary N) is 1. The molecule has 0 bridgehead atoms. The monoisotopic (exact) mass is 577 g/mol. The molecule has 0 spiro atoms. The van der Waals surface area contributed by atoms with E-state index in [0.29, 0.717) is 5.92 Å². The number of benzene rings is 1. The van der Waals surface area contributed by atoms with Crippen molar-refractivity contribution in [3.8, 4) is 0 Å². The SMILES string of the molecule is C=C(C)NC.C=C/C(=C/C=C\P)C(=C)C/C(=C\C)C(C)CCCC1=CCCC=C1.CCc1cccc(C(C)(C)F)c1. The molecule has 1 nitrogen and oxygen atoms in total. The van der Waals surface area contributed by atoms with Crippen LogP contribution in [0.4, 0.5) is 4.39 Å². The zero-order chi connectivity index (χ0) is 31.3. The minimum atomic E-state index is -1.22. The maximum atomic E-state index is 13.4. The van der Waals surface area contributed by atoms with E-state index in [1.165, 1.54) is 48.8 Å². The van der Waals surface area contributed by atoms with Crippen LogP contribution in [0.1, 0.15) is 91.2 Å². The van der Waals surface area contributed by atoms with Gasteiger partial charge in [-0.3, -0.25) is 0 Å². The highest BCUT2D eigenvalue weighted by Crippen LogP contribution is 2.28. The van der Waals surface area contributed by atoms with Crippen LogP contribution in [-0.2, 0) is 12.1 Å². The van der Waals surface area contributed by atoms with Gasteiger partial charge in [0.1, 0.15) is 5.67 Å². The average Bonchev–Trinajstić information content (AvgIpc) is 2.97.